The molecule has 0 saturated heterocycles. The molecule has 0 aliphatic carbocycles. The maximum absolute atomic E-state index is 14.0. The second-order valence-corrected chi connectivity index (χ2v) is 7.14. The van der Waals surface area contributed by atoms with E-state index in [1.165, 1.54) is 12.1 Å². The number of halogens is 3. The lowest BCUT2D eigenvalue weighted by atomic mass is 10.0. The molecule has 1 aromatic heterocycles. The van der Waals surface area contributed by atoms with Crippen molar-refractivity contribution in [2.75, 3.05) is 0 Å². The monoisotopic (exact) mass is 425 g/mol. The van der Waals surface area contributed by atoms with E-state index in [0.29, 0.717) is 32.7 Å². The molecule has 0 aliphatic rings. The Morgan fingerprint density at radius 2 is 1.66 bits per heavy atom. The van der Waals surface area contributed by atoms with Crippen LogP contribution in [0.5, 0.6) is 0 Å². The minimum atomic E-state index is -0.601. The maximum atomic E-state index is 14.0. The Morgan fingerprint density at radius 1 is 0.931 bits per heavy atom. The lowest BCUT2D eigenvalue weighted by Crippen LogP contribution is -2.08. The highest BCUT2D eigenvalue weighted by molar-refractivity contribution is 6.33. The van der Waals surface area contributed by atoms with Gasteiger partial charge in [0, 0.05) is 21.5 Å². The molecule has 3 nitrogen and oxygen atoms in total. The van der Waals surface area contributed by atoms with Gasteiger partial charge in [0.05, 0.1) is 21.8 Å². The van der Waals surface area contributed by atoms with E-state index < -0.39 is 11.8 Å². The smallest absolute Gasteiger partial charge is 0.339 e. The highest BCUT2D eigenvalue weighted by Gasteiger charge is 2.17. The summed E-state index contributed by atoms with van der Waals surface area (Å²) in [5.41, 5.74) is 2.32. The Kier molecular flexibility index (Phi) is 5.47. The van der Waals surface area contributed by atoms with Gasteiger partial charge in [-0.15, -0.1) is 0 Å². The number of aromatic nitrogens is 1. The molecule has 0 saturated carbocycles. The topological polar surface area (TPSA) is 39.2 Å². The van der Waals surface area contributed by atoms with E-state index in [0.717, 1.165) is 0 Å². The van der Waals surface area contributed by atoms with Crippen molar-refractivity contribution in [3.63, 3.8) is 0 Å². The number of carbonyl (C=O) groups is 1. The number of hydrogen-bond acceptors (Lipinski definition) is 3. The summed E-state index contributed by atoms with van der Waals surface area (Å²) in [6.45, 7) is -0.275. The molecule has 0 atom stereocenters. The second kappa shape index (κ2) is 8.19. The van der Waals surface area contributed by atoms with Gasteiger partial charge in [-0.25, -0.2) is 14.2 Å². The molecule has 29 heavy (non-hydrogen) atoms. The van der Waals surface area contributed by atoms with Crippen LogP contribution >= 0.6 is 23.2 Å². The van der Waals surface area contributed by atoms with Gasteiger partial charge in [-0.3, -0.25) is 0 Å². The van der Waals surface area contributed by atoms with Crippen molar-refractivity contribution < 1.29 is 13.9 Å². The van der Waals surface area contributed by atoms with Crippen molar-refractivity contribution in [2.24, 2.45) is 0 Å². The Bertz CT molecular complexity index is 1210. The number of benzene rings is 3. The summed E-state index contributed by atoms with van der Waals surface area (Å²) in [5.74, 6) is -1.13. The number of fused-ring (bicyclic) bond motifs is 1. The van der Waals surface area contributed by atoms with Gasteiger partial charge < -0.3 is 4.74 Å². The van der Waals surface area contributed by atoms with Crippen molar-refractivity contribution >= 4 is 40.1 Å². The van der Waals surface area contributed by atoms with Crippen molar-refractivity contribution in [1.82, 2.24) is 4.98 Å². The van der Waals surface area contributed by atoms with E-state index in [1.807, 2.05) is 30.3 Å². The van der Waals surface area contributed by atoms with Gasteiger partial charge in [0.25, 0.3) is 0 Å². The van der Waals surface area contributed by atoms with Crippen LogP contribution in [0.2, 0.25) is 10.0 Å². The summed E-state index contributed by atoms with van der Waals surface area (Å²) in [5, 5.41) is 1.36. The molecule has 0 spiro atoms. The number of hydrogen-bond donors (Lipinski definition) is 0. The first-order valence-electron chi connectivity index (χ1n) is 8.79. The number of ether oxygens (including phenoxy) is 1. The Hall–Kier alpha value is -2.95. The molecule has 1 heterocycles. The lowest BCUT2D eigenvalue weighted by molar-refractivity contribution is 0.0471. The molecule has 0 amide bonds. The zero-order chi connectivity index (χ0) is 20.4. The number of rotatable bonds is 4. The normalized spacial score (nSPS) is 10.9. The zero-order valence-corrected chi connectivity index (χ0v) is 16.5. The van der Waals surface area contributed by atoms with E-state index in [9.17, 15) is 9.18 Å². The fourth-order valence-electron chi connectivity index (χ4n) is 3.04. The van der Waals surface area contributed by atoms with Crippen LogP contribution in [0.4, 0.5) is 4.39 Å². The molecule has 0 unspecified atom stereocenters. The highest BCUT2D eigenvalue weighted by atomic mass is 35.5. The zero-order valence-electron chi connectivity index (χ0n) is 15.0. The molecule has 0 bridgehead atoms. The molecular weight excluding hydrogens is 412 g/mol. The van der Waals surface area contributed by atoms with Gasteiger partial charge in [-0.05, 0) is 30.3 Å². The molecule has 0 radical (unpaired) electrons. The van der Waals surface area contributed by atoms with Crippen LogP contribution in [0, 0.1) is 5.82 Å². The summed E-state index contributed by atoms with van der Waals surface area (Å²) in [7, 11) is 0. The second-order valence-electron chi connectivity index (χ2n) is 6.33. The van der Waals surface area contributed by atoms with E-state index in [1.54, 1.807) is 30.3 Å². The van der Waals surface area contributed by atoms with Crippen molar-refractivity contribution in [2.45, 2.75) is 6.61 Å². The highest BCUT2D eigenvalue weighted by Crippen LogP contribution is 2.30. The molecular formula is C23H14Cl2FNO2. The summed E-state index contributed by atoms with van der Waals surface area (Å²) >= 11 is 12.3. The molecule has 0 aliphatic heterocycles. The van der Waals surface area contributed by atoms with Gasteiger partial charge in [0.15, 0.2) is 0 Å². The van der Waals surface area contributed by atoms with Gasteiger partial charge >= 0.3 is 5.97 Å². The lowest BCUT2D eigenvalue weighted by Gasteiger charge is -2.12. The van der Waals surface area contributed by atoms with Crippen LogP contribution in [0.3, 0.4) is 0 Å². The summed E-state index contributed by atoms with van der Waals surface area (Å²) in [6.07, 6.45) is 0. The van der Waals surface area contributed by atoms with Crippen LogP contribution in [0.15, 0.2) is 72.8 Å². The van der Waals surface area contributed by atoms with E-state index in [4.69, 9.17) is 27.9 Å². The summed E-state index contributed by atoms with van der Waals surface area (Å²) < 4.78 is 19.4. The maximum Gasteiger partial charge on any atom is 0.339 e. The third-order valence-corrected chi connectivity index (χ3v) is 5.18. The largest absolute Gasteiger partial charge is 0.457 e. The third-order valence-electron chi connectivity index (χ3n) is 4.50. The van der Waals surface area contributed by atoms with Crippen LogP contribution in [0.1, 0.15) is 15.9 Å². The third kappa shape index (κ3) is 3.95. The van der Waals surface area contributed by atoms with Crippen LogP contribution < -0.4 is 0 Å². The van der Waals surface area contributed by atoms with Crippen LogP contribution in [-0.2, 0) is 11.3 Å². The summed E-state index contributed by atoms with van der Waals surface area (Å²) in [4.78, 5) is 17.5. The summed E-state index contributed by atoms with van der Waals surface area (Å²) in [6, 6.07) is 20.4. The number of esters is 1. The SMILES string of the molecule is O=C(OCc1c(F)cccc1Cl)c1cc(-c2ccccc2Cl)nc2ccccc12. The molecule has 0 N–H and O–H groups in total. The van der Waals surface area contributed by atoms with Gasteiger partial charge in [0.1, 0.15) is 12.4 Å². The van der Waals surface area contributed by atoms with Crippen LogP contribution in [0.25, 0.3) is 22.2 Å². The first-order chi connectivity index (χ1) is 14.0. The average molecular weight is 426 g/mol. The average Bonchev–Trinajstić information content (AvgIpc) is 2.73. The Balaban J connectivity index is 1.74. The molecule has 4 aromatic rings. The minimum Gasteiger partial charge on any atom is -0.457 e. The standard InChI is InChI=1S/C23H14Cl2FNO2/c24-18-8-3-1-7-15(18)22-12-16(14-6-2-4-11-21(14)27-22)23(28)29-13-17-19(25)9-5-10-20(17)26/h1-12H,13H2. The van der Waals surface area contributed by atoms with Crippen molar-refractivity contribution in [3.8, 4) is 11.3 Å². The van der Waals surface area contributed by atoms with Crippen LogP contribution in [-0.4, -0.2) is 11.0 Å². The first-order valence-corrected chi connectivity index (χ1v) is 9.55. The van der Waals surface area contributed by atoms with Gasteiger partial charge in [-0.2, -0.15) is 0 Å². The number of nitrogens with zero attached hydrogens (tertiary/aromatic N) is 1. The Labute approximate surface area is 176 Å². The first kappa shape index (κ1) is 19.4. The van der Waals surface area contributed by atoms with E-state index in [2.05, 4.69) is 4.98 Å². The molecule has 3 aromatic carbocycles. The number of pyridine rings is 1. The van der Waals surface area contributed by atoms with Crippen molar-refractivity contribution in [1.29, 1.82) is 0 Å². The molecule has 144 valence electrons. The number of para-hydroxylation sites is 1. The number of carbonyl (C=O) groups excluding carboxylic acids is 1. The van der Waals surface area contributed by atoms with E-state index >= 15 is 0 Å². The fraction of sp³-hybridized carbons (Fsp3) is 0.0435. The van der Waals surface area contributed by atoms with Gasteiger partial charge in [-0.1, -0.05) is 65.7 Å². The predicted octanol–water partition coefficient (Wildman–Crippen LogP) is 6.70. The molecule has 6 heteroatoms. The minimum absolute atomic E-state index is 0.132. The Morgan fingerprint density at radius 3 is 2.45 bits per heavy atom. The molecule has 4 rings (SSSR count). The quantitative estimate of drug-likeness (QED) is 0.341. The van der Waals surface area contributed by atoms with Crippen molar-refractivity contribution in [3.05, 3.63) is 99.8 Å². The van der Waals surface area contributed by atoms with Gasteiger partial charge in [0.2, 0.25) is 0 Å². The van der Waals surface area contributed by atoms with E-state index in [-0.39, 0.29) is 17.2 Å². The molecule has 0 fully saturated rings. The fourth-order valence-corrected chi connectivity index (χ4v) is 3.49. The predicted molar refractivity (Wildman–Crippen MR) is 113 cm³/mol.